The van der Waals surface area contributed by atoms with Gasteiger partial charge in [-0.15, -0.1) is 0 Å². The van der Waals surface area contributed by atoms with Crippen molar-refractivity contribution in [3.8, 4) is 0 Å². The molecule has 0 amide bonds. The van der Waals surface area contributed by atoms with E-state index in [1.165, 1.54) is 25.7 Å². The number of hydrogen-bond donors (Lipinski definition) is 2. The van der Waals surface area contributed by atoms with Crippen LogP contribution in [0.5, 0.6) is 0 Å². The van der Waals surface area contributed by atoms with Crippen molar-refractivity contribution in [2.45, 2.75) is 59.1 Å². The van der Waals surface area contributed by atoms with Crippen LogP contribution in [-0.4, -0.2) is 29.7 Å². The largest absolute Gasteiger partial charge is 0.377 e. The molecule has 0 radical (unpaired) electrons. The highest BCUT2D eigenvalue weighted by Crippen LogP contribution is 2.36. The van der Waals surface area contributed by atoms with Gasteiger partial charge in [0.05, 0.1) is 0 Å². The molecule has 21 heavy (non-hydrogen) atoms. The summed E-state index contributed by atoms with van der Waals surface area (Å²) >= 11 is 0. The minimum Gasteiger partial charge on any atom is -0.377 e. The van der Waals surface area contributed by atoms with Crippen LogP contribution in [-0.2, 0) is 11.3 Å². The van der Waals surface area contributed by atoms with Gasteiger partial charge in [-0.25, -0.2) is 9.97 Å². The molecule has 2 N–H and O–H groups in total. The molecular weight excluding hydrogens is 264 g/mol. The van der Waals surface area contributed by atoms with Gasteiger partial charge in [0, 0.05) is 25.8 Å². The molecule has 118 valence electrons. The van der Waals surface area contributed by atoms with Gasteiger partial charge in [0.25, 0.3) is 0 Å². The van der Waals surface area contributed by atoms with Crippen molar-refractivity contribution in [1.29, 1.82) is 0 Å². The first-order valence-corrected chi connectivity index (χ1v) is 7.90. The second-order valence-corrected chi connectivity index (χ2v) is 6.62. The van der Waals surface area contributed by atoms with Gasteiger partial charge in [-0.05, 0) is 31.6 Å². The Labute approximate surface area is 127 Å². The van der Waals surface area contributed by atoms with E-state index in [1.807, 2.05) is 6.07 Å². The Bertz CT molecular complexity index is 437. The average Bonchev–Trinajstić information content (AvgIpc) is 2.38. The van der Waals surface area contributed by atoms with Gasteiger partial charge in [0.15, 0.2) is 5.82 Å². The Kier molecular flexibility index (Phi) is 5.39. The lowest BCUT2D eigenvalue weighted by Crippen LogP contribution is -2.32. The zero-order valence-electron chi connectivity index (χ0n) is 13.7. The lowest BCUT2D eigenvalue weighted by atomic mass is 9.75. The molecule has 2 rings (SSSR count). The van der Waals surface area contributed by atoms with E-state index in [-0.39, 0.29) is 0 Å². The highest BCUT2D eigenvalue weighted by atomic mass is 16.5. The molecule has 5 nitrogen and oxygen atoms in total. The molecule has 0 aliphatic heterocycles. The second-order valence-electron chi connectivity index (χ2n) is 6.62. The molecule has 0 saturated heterocycles. The van der Waals surface area contributed by atoms with Gasteiger partial charge in [-0.1, -0.05) is 20.3 Å². The van der Waals surface area contributed by atoms with Gasteiger partial charge in [0.1, 0.15) is 18.2 Å². The molecule has 1 aliphatic carbocycles. The maximum atomic E-state index is 5.16. The predicted molar refractivity (Wildman–Crippen MR) is 86.6 cm³/mol. The summed E-state index contributed by atoms with van der Waals surface area (Å²) in [5.41, 5.74) is 0.419. The topological polar surface area (TPSA) is 59.1 Å². The van der Waals surface area contributed by atoms with Gasteiger partial charge in [-0.3, -0.25) is 0 Å². The predicted octanol–water partition coefficient (Wildman–Crippen LogP) is 3.44. The van der Waals surface area contributed by atoms with E-state index in [2.05, 4.69) is 41.4 Å². The van der Waals surface area contributed by atoms with Crippen LogP contribution >= 0.6 is 0 Å². The van der Waals surface area contributed by atoms with Crippen LogP contribution in [0.3, 0.4) is 0 Å². The number of hydrogen-bond acceptors (Lipinski definition) is 5. The van der Waals surface area contributed by atoms with E-state index in [0.717, 1.165) is 18.2 Å². The van der Waals surface area contributed by atoms with Crippen LogP contribution in [0.25, 0.3) is 0 Å². The summed E-state index contributed by atoms with van der Waals surface area (Å²) < 4.78 is 5.16. The average molecular weight is 292 g/mol. The lowest BCUT2D eigenvalue weighted by Gasteiger charge is -2.35. The van der Waals surface area contributed by atoms with Crippen molar-refractivity contribution in [2.75, 3.05) is 24.3 Å². The summed E-state index contributed by atoms with van der Waals surface area (Å²) in [7, 11) is 1.67. The Morgan fingerprint density at radius 2 is 2.10 bits per heavy atom. The van der Waals surface area contributed by atoms with Crippen LogP contribution in [0.15, 0.2) is 6.07 Å². The van der Waals surface area contributed by atoms with Crippen molar-refractivity contribution in [1.82, 2.24) is 9.97 Å². The Morgan fingerprint density at radius 1 is 1.33 bits per heavy atom. The summed E-state index contributed by atoms with van der Waals surface area (Å²) in [5, 5.41) is 6.84. The molecule has 1 unspecified atom stereocenters. The summed E-state index contributed by atoms with van der Waals surface area (Å²) in [5.74, 6) is 2.47. The maximum Gasteiger partial charge on any atom is 0.158 e. The van der Waals surface area contributed by atoms with E-state index in [0.29, 0.717) is 23.9 Å². The van der Waals surface area contributed by atoms with E-state index in [9.17, 15) is 0 Å². The van der Waals surface area contributed by atoms with Crippen LogP contribution in [0.4, 0.5) is 11.6 Å². The molecule has 0 spiro atoms. The summed E-state index contributed by atoms with van der Waals surface area (Å²) in [6, 6.07) is 2.48. The smallest absolute Gasteiger partial charge is 0.158 e. The first kappa shape index (κ1) is 16.0. The van der Waals surface area contributed by atoms with Crippen molar-refractivity contribution >= 4 is 11.6 Å². The maximum absolute atomic E-state index is 5.16. The Morgan fingerprint density at radius 3 is 2.76 bits per heavy atom. The molecule has 1 aliphatic rings. The first-order valence-electron chi connectivity index (χ1n) is 7.90. The quantitative estimate of drug-likeness (QED) is 0.841. The van der Waals surface area contributed by atoms with Gasteiger partial charge < -0.3 is 15.4 Å². The van der Waals surface area contributed by atoms with Gasteiger partial charge in [-0.2, -0.15) is 0 Å². The van der Waals surface area contributed by atoms with Gasteiger partial charge >= 0.3 is 0 Å². The summed E-state index contributed by atoms with van der Waals surface area (Å²) in [6.45, 7) is 8.04. The van der Waals surface area contributed by atoms with Crippen molar-refractivity contribution < 1.29 is 4.74 Å². The normalized spacial score (nSPS) is 21.0. The van der Waals surface area contributed by atoms with E-state index in [1.54, 1.807) is 7.11 Å². The molecule has 5 heteroatoms. The molecule has 1 fully saturated rings. The standard InChI is InChI=1S/C16H28N4O/c1-5-17-13-9-14(20-15(19-13)11-21-4)18-12-7-6-8-16(2,3)10-12/h9,12H,5-8,10-11H2,1-4H3,(H2,17,18,19,20). The number of nitrogens with zero attached hydrogens (tertiary/aromatic N) is 2. The van der Waals surface area contributed by atoms with Crippen LogP contribution in [0.2, 0.25) is 0 Å². The zero-order chi connectivity index (χ0) is 15.3. The highest BCUT2D eigenvalue weighted by Gasteiger charge is 2.28. The zero-order valence-corrected chi connectivity index (χ0v) is 13.7. The summed E-state index contributed by atoms with van der Waals surface area (Å²) in [6.07, 6.45) is 4.99. The van der Waals surface area contributed by atoms with Crippen LogP contribution < -0.4 is 10.6 Å². The number of ether oxygens (including phenoxy) is 1. The second kappa shape index (κ2) is 7.07. The molecule has 1 aromatic rings. The highest BCUT2D eigenvalue weighted by molar-refractivity contribution is 5.48. The summed E-state index contributed by atoms with van der Waals surface area (Å²) in [4.78, 5) is 9.01. The Balaban J connectivity index is 2.10. The number of rotatable bonds is 6. The number of aromatic nitrogens is 2. The van der Waals surface area contributed by atoms with Crippen molar-refractivity contribution in [3.63, 3.8) is 0 Å². The van der Waals surface area contributed by atoms with Crippen molar-refractivity contribution in [3.05, 3.63) is 11.9 Å². The fraction of sp³-hybridized carbons (Fsp3) is 0.750. The molecule has 1 heterocycles. The van der Waals surface area contributed by atoms with E-state index < -0.39 is 0 Å². The fourth-order valence-corrected chi connectivity index (χ4v) is 3.07. The van der Waals surface area contributed by atoms with Crippen LogP contribution in [0.1, 0.15) is 52.3 Å². The monoisotopic (exact) mass is 292 g/mol. The third-order valence-electron chi connectivity index (χ3n) is 3.96. The van der Waals surface area contributed by atoms with Crippen LogP contribution in [0, 0.1) is 5.41 Å². The lowest BCUT2D eigenvalue weighted by molar-refractivity contribution is 0.178. The minimum absolute atomic E-state index is 0.419. The van der Waals surface area contributed by atoms with Gasteiger partial charge in [0.2, 0.25) is 0 Å². The molecular formula is C16H28N4O. The molecule has 0 bridgehead atoms. The molecule has 0 aromatic carbocycles. The fourth-order valence-electron chi connectivity index (χ4n) is 3.07. The number of nitrogens with one attached hydrogen (secondary N) is 2. The van der Waals surface area contributed by atoms with E-state index >= 15 is 0 Å². The molecule has 1 atom stereocenters. The SMILES string of the molecule is CCNc1cc(NC2CCCC(C)(C)C2)nc(COC)n1. The van der Waals surface area contributed by atoms with Crippen molar-refractivity contribution in [2.24, 2.45) is 5.41 Å². The number of methoxy groups -OCH3 is 1. The number of anilines is 2. The Hall–Kier alpha value is -1.36. The van der Waals surface area contributed by atoms with E-state index in [4.69, 9.17) is 4.74 Å². The molecule has 1 aromatic heterocycles. The molecule has 1 saturated carbocycles. The first-order chi connectivity index (χ1) is 10.0. The minimum atomic E-state index is 0.419. The third-order valence-corrected chi connectivity index (χ3v) is 3.96. The third kappa shape index (κ3) is 4.84.